The quantitative estimate of drug-likeness (QED) is 0.455. The molecule has 0 heterocycles. The lowest BCUT2D eigenvalue weighted by atomic mass is 10.2. The number of carboxylic acid groups (broad SMARTS) is 1. The summed E-state index contributed by atoms with van der Waals surface area (Å²) in [7, 11) is -3.39. The molecule has 0 aliphatic heterocycles. The third-order valence-electron chi connectivity index (χ3n) is 2.20. The summed E-state index contributed by atoms with van der Waals surface area (Å²) in [5, 5.41) is 13.4. The first-order chi connectivity index (χ1) is 8.82. The van der Waals surface area contributed by atoms with Crippen LogP contribution in [0.2, 0.25) is 0 Å². The molecular formula is C10H21N3O5S. The van der Waals surface area contributed by atoms with E-state index in [2.05, 4.69) is 15.4 Å². The Bertz CT molecular complexity index is 396. The van der Waals surface area contributed by atoms with Gasteiger partial charge in [0.2, 0.25) is 10.0 Å². The molecule has 0 aliphatic carbocycles. The Kier molecular flexibility index (Phi) is 8.08. The van der Waals surface area contributed by atoms with E-state index in [0.29, 0.717) is 12.8 Å². The molecule has 0 bridgehead atoms. The monoisotopic (exact) mass is 295 g/mol. The van der Waals surface area contributed by atoms with Gasteiger partial charge in [0, 0.05) is 13.1 Å². The van der Waals surface area contributed by atoms with Crippen LogP contribution in [0.5, 0.6) is 0 Å². The Labute approximate surface area is 113 Å². The lowest BCUT2D eigenvalue weighted by Crippen LogP contribution is -2.47. The standard InChI is InChI=1S/C10H21N3O5S/c1-3-5-8(9(14)15)13-10(16)11-6-7-19(17,18)12-4-2/h8,12H,3-7H2,1-2H3,(H,14,15)(H2,11,13,16). The molecule has 1 atom stereocenters. The van der Waals surface area contributed by atoms with Gasteiger partial charge in [-0.15, -0.1) is 0 Å². The molecule has 4 N–H and O–H groups in total. The Morgan fingerprint density at radius 2 is 1.89 bits per heavy atom. The molecule has 0 spiro atoms. The molecule has 0 aromatic carbocycles. The Morgan fingerprint density at radius 3 is 2.37 bits per heavy atom. The lowest BCUT2D eigenvalue weighted by Gasteiger charge is -2.14. The second-order valence-electron chi connectivity index (χ2n) is 3.90. The van der Waals surface area contributed by atoms with E-state index in [4.69, 9.17) is 5.11 Å². The minimum Gasteiger partial charge on any atom is -0.480 e. The summed E-state index contributed by atoms with van der Waals surface area (Å²) in [6.07, 6.45) is 0.935. The van der Waals surface area contributed by atoms with Crippen LogP contribution < -0.4 is 15.4 Å². The maximum absolute atomic E-state index is 11.4. The minimum absolute atomic E-state index is 0.0837. The number of carbonyl (C=O) groups is 2. The number of rotatable bonds is 9. The van der Waals surface area contributed by atoms with Gasteiger partial charge < -0.3 is 15.7 Å². The van der Waals surface area contributed by atoms with Crippen LogP contribution in [0.4, 0.5) is 4.79 Å². The van der Waals surface area contributed by atoms with Crippen LogP contribution >= 0.6 is 0 Å². The van der Waals surface area contributed by atoms with E-state index in [1.165, 1.54) is 0 Å². The van der Waals surface area contributed by atoms with E-state index in [-0.39, 0.29) is 18.8 Å². The van der Waals surface area contributed by atoms with Crippen LogP contribution in [0.25, 0.3) is 0 Å². The summed E-state index contributed by atoms with van der Waals surface area (Å²) in [6, 6.07) is -1.65. The zero-order valence-corrected chi connectivity index (χ0v) is 11.9. The van der Waals surface area contributed by atoms with Crippen molar-refractivity contribution in [1.82, 2.24) is 15.4 Å². The first-order valence-electron chi connectivity index (χ1n) is 6.06. The summed E-state index contributed by atoms with van der Waals surface area (Å²) in [4.78, 5) is 22.2. The van der Waals surface area contributed by atoms with Gasteiger partial charge in [0.1, 0.15) is 6.04 Å². The molecule has 2 amide bonds. The highest BCUT2D eigenvalue weighted by Crippen LogP contribution is 1.96. The van der Waals surface area contributed by atoms with Crippen molar-refractivity contribution in [2.45, 2.75) is 32.7 Å². The molecule has 0 fully saturated rings. The number of hydrogen-bond acceptors (Lipinski definition) is 4. The molecule has 0 aliphatic rings. The second-order valence-corrected chi connectivity index (χ2v) is 5.82. The fraction of sp³-hybridized carbons (Fsp3) is 0.800. The summed E-state index contributed by atoms with van der Waals surface area (Å²) in [5.74, 6) is -1.36. The highest BCUT2D eigenvalue weighted by Gasteiger charge is 2.18. The van der Waals surface area contributed by atoms with Crippen molar-refractivity contribution in [2.24, 2.45) is 0 Å². The lowest BCUT2D eigenvalue weighted by molar-refractivity contribution is -0.139. The van der Waals surface area contributed by atoms with E-state index < -0.39 is 28.1 Å². The fourth-order valence-electron chi connectivity index (χ4n) is 1.35. The average molecular weight is 295 g/mol. The van der Waals surface area contributed by atoms with Crippen molar-refractivity contribution in [2.75, 3.05) is 18.8 Å². The van der Waals surface area contributed by atoms with Crippen molar-refractivity contribution in [3.8, 4) is 0 Å². The third kappa shape index (κ3) is 8.38. The van der Waals surface area contributed by atoms with Gasteiger partial charge in [-0.1, -0.05) is 20.3 Å². The van der Waals surface area contributed by atoms with Gasteiger partial charge in [0.25, 0.3) is 0 Å². The highest BCUT2D eigenvalue weighted by atomic mass is 32.2. The maximum Gasteiger partial charge on any atom is 0.326 e. The summed E-state index contributed by atoms with van der Waals surface area (Å²) < 4.78 is 24.8. The van der Waals surface area contributed by atoms with Gasteiger partial charge >= 0.3 is 12.0 Å². The average Bonchev–Trinajstić information content (AvgIpc) is 2.27. The number of amides is 2. The van der Waals surface area contributed by atoms with E-state index in [9.17, 15) is 18.0 Å². The molecule has 0 saturated heterocycles. The SMILES string of the molecule is CCCC(NC(=O)NCCS(=O)(=O)NCC)C(=O)O. The molecule has 0 aromatic rings. The van der Waals surface area contributed by atoms with E-state index in [1.54, 1.807) is 13.8 Å². The predicted molar refractivity (Wildman–Crippen MR) is 70.3 cm³/mol. The third-order valence-corrected chi connectivity index (χ3v) is 3.67. The molecule has 0 saturated carbocycles. The Balaban J connectivity index is 4.08. The van der Waals surface area contributed by atoms with E-state index in [0.717, 1.165) is 0 Å². The van der Waals surface area contributed by atoms with E-state index >= 15 is 0 Å². The topological polar surface area (TPSA) is 125 Å². The van der Waals surface area contributed by atoms with Crippen molar-refractivity contribution >= 4 is 22.0 Å². The molecule has 112 valence electrons. The minimum atomic E-state index is -3.39. The number of sulfonamides is 1. The van der Waals surface area contributed by atoms with Crippen LogP contribution in [-0.4, -0.2) is 50.4 Å². The van der Waals surface area contributed by atoms with Crippen LogP contribution in [-0.2, 0) is 14.8 Å². The van der Waals surface area contributed by atoms with Crippen molar-refractivity contribution in [3.05, 3.63) is 0 Å². The van der Waals surface area contributed by atoms with Crippen molar-refractivity contribution in [3.63, 3.8) is 0 Å². The Morgan fingerprint density at radius 1 is 1.26 bits per heavy atom. The molecule has 8 nitrogen and oxygen atoms in total. The number of carboxylic acids is 1. The fourth-order valence-corrected chi connectivity index (χ4v) is 2.30. The number of urea groups is 1. The van der Waals surface area contributed by atoms with Gasteiger partial charge in [-0.2, -0.15) is 0 Å². The first kappa shape index (κ1) is 17.6. The van der Waals surface area contributed by atoms with Crippen LogP contribution in [0, 0.1) is 0 Å². The van der Waals surface area contributed by atoms with Crippen LogP contribution in [0.15, 0.2) is 0 Å². The molecule has 0 rings (SSSR count). The molecular weight excluding hydrogens is 274 g/mol. The largest absolute Gasteiger partial charge is 0.480 e. The van der Waals surface area contributed by atoms with E-state index in [1.807, 2.05) is 0 Å². The van der Waals surface area contributed by atoms with Gasteiger partial charge in [-0.3, -0.25) is 0 Å². The number of carbonyl (C=O) groups excluding carboxylic acids is 1. The van der Waals surface area contributed by atoms with Crippen molar-refractivity contribution < 1.29 is 23.1 Å². The summed E-state index contributed by atoms with van der Waals surface area (Å²) in [6.45, 7) is 3.66. The second kappa shape index (κ2) is 8.70. The zero-order chi connectivity index (χ0) is 14.9. The molecule has 9 heteroatoms. The number of nitrogens with one attached hydrogen (secondary N) is 3. The maximum atomic E-state index is 11.4. The van der Waals surface area contributed by atoms with Gasteiger partial charge in [0.15, 0.2) is 0 Å². The molecule has 1 unspecified atom stereocenters. The summed E-state index contributed by atoms with van der Waals surface area (Å²) in [5.41, 5.74) is 0. The molecule has 0 radical (unpaired) electrons. The highest BCUT2D eigenvalue weighted by molar-refractivity contribution is 7.89. The first-order valence-corrected chi connectivity index (χ1v) is 7.72. The van der Waals surface area contributed by atoms with Crippen LogP contribution in [0.3, 0.4) is 0 Å². The van der Waals surface area contributed by atoms with Crippen LogP contribution in [0.1, 0.15) is 26.7 Å². The van der Waals surface area contributed by atoms with Gasteiger partial charge in [0.05, 0.1) is 5.75 Å². The Hall–Kier alpha value is -1.35. The van der Waals surface area contributed by atoms with Crippen molar-refractivity contribution in [1.29, 1.82) is 0 Å². The number of hydrogen-bond donors (Lipinski definition) is 4. The zero-order valence-electron chi connectivity index (χ0n) is 11.1. The molecule has 19 heavy (non-hydrogen) atoms. The smallest absolute Gasteiger partial charge is 0.326 e. The summed E-state index contributed by atoms with van der Waals surface area (Å²) >= 11 is 0. The molecule has 0 aromatic heterocycles. The number of aliphatic carboxylic acids is 1. The normalized spacial score (nSPS) is 12.7. The van der Waals surface area contributed by atoms with Gasteiger partial charge in [-0.05, 0) is 6.42 Å². The predicted octanol–water partition coefficient (Wildman–Crippen LogP) is -0.522. The van der Waals surface area contributed by atoms with Gasteiger partial charge in [-0.25, -0.2) is 22.7 Å².